The van der Waals surface area contributed by atoms with Crippen molar-refractivity contribution >= 4 is 11.6 Å². The van der Waals surface area contributed by atoms with Gasteiger partial charge in [-0.1, -0.05) is 19.3 Å². The Labute approximate surface area is 112 Å². The number of nitrogens with two attached hydrogens (primary N) is 1. The minimum Gasteiger partial charge on any atom is -0.497 e. The first kappa shape index (κ1) is 13.8. The molecule has 0 saturated heterocycles. The molecule has 19 heavy (non-hydrogen) atoms. The highest BCUT2D eigenvalue weighted by Crippen LogP contribution is 2.28. The Hall–Kier alpha value is -1.62. The Morgan fingerprint density at radius 2 is 2.05 bits per heavy atom. The van der Waals surface area contributed by atoms with Gasteiger partial charge in [0.25, 0.3) is 0 Å². The lowest BCUT2D eigenvalue weighted by Crippen LogP contribution is -2.52. The molecule has 1 aromatic carbocycles. The van der Waals surface area contributed by atoms with Gasteiger partial charge in [-0.2, -0.15) is 0 Å². The van der Waals surface area contributed by atoms with Crippen LogP contribution in [0.5, 0.6) is 5.75 Å². The summed E-state index contributed by atoms with van der Waals surface area (Å²) in [7, 11) is 1.49. The van der Waals surface area contributed by atoms with Gasteiger partial charge in [0, 0.05) is 6.07 Å². The second-order valence-corrected chi connectivity index (χ2v) is 5.02. The van der Waals surface area contributed by atoms with Crippen LogP contribution in [-0.4, -0.2) is 18.6 Å². The van der Waals surface area contributed by atoms with Crippen molar-refractivity contribution < 1.29 is 13.9 Å². The Morgan fingerprint density at radius 1 is 1.37 bits per heavy atom. The minimum absolute atomic E-state index is 0.111. The number of anilines is 1. The van der Waals surface area contributed by atoms with Crippen molar-refractivity contribution in [1.82, 2.24) is 0 Å². The van der Waals surface area contributed by atoms with Gasteiger partial charge in [0.2, 0.25) is 5.91 Å². The van der Waals surface area contributed by atoms with Gasteiger partial charge >= 0.3 is 0 Å². The number of carbonyl (C=O) groups excluding carboxylic acids is 1. The summed E-state index contributed by atoms with van der Waals surface area (Å²) in [5.41, 5.74) is 5.34. The summed E-state index contributed by atoms with van der Waals surface area (Å²) in [5.74, 6) is -0.320. The quantitative estimate of drug-likeness (QED) is 0.883. The van der Waals surface area contributed by atoms with Crippen LogP contribution >= 0.6 is 0 Å². The van der Waals surface area contributed by atoms with Crippen molar-refractivity contribution in [3.8, 4) is 5.75 Å². The first-order valence-electron chi connectivity index (χ1n) is 6.49. The van der Waals surface area contributed by atoms with Gasteiger partial charge in [0.05, 0.1) is 18.3 Å². The van der Waals surface area contributed by atoms with E-state index in [1.54, 1.807) is 0 Å². The molecule has 0 aromatic heterocycles. The lowest BCUT2D eigenvalue weighted by Gasteiger charge is -2.31. The Bertz CT molecular complexity index is 471. The summed E-state index contributed by atoms with van der Waals surface area (Å²) in [4.78, 5) is 12.2. The number of hydrogen-bond donors (Lipinski definition) is 2. The Morgan fingerprint density at radius 3 is 2.68 bits per heavy atom. The molecule has 1 amide bonds. The third-order valence-electron chi connectivity index (χ3n) is 3.62. The summed E-state index contributed by atoms with van der Waals surface area (Å²) >= 11 is 0. The van der Waals surface area contributed by atoms with Gasteiger partial charge in [-0.3, -0.25) is 4.79 Å². The maximum atomic E-state index is 13.6. The fraction of sp³-hybridized carbons (Fsp3) is 0.500. The van der Waals surface area contributed by atoms with E-state index in [0.29, 0.717) is 18.6 Å². The molecule has 3 N–H and O–H groups in total. The lowest BCUT2D eigenvalue weighted by atomic mass is 9.82. The normalized spacial score (nSPS) is 17.8. The summed E-state index contributed by atoms with van der Waals surface area (Å²) < 4.78 is 18.7. The monoisotopic (exact) mass is 266 g/mol. The minimum atomic E-state index is -0.881. The van der Waals surface area contributed by atoms with Crippen molar-refractivity contribution in [2.45, 2.75) is 37.6 Å². The summed E-state index contributed by atoms with van der Waals surface area (Å²) in [6, 6.07) is 4.22. The fourth-order valence-corrected chi connectivity index (χ4v) is 2.38. The number of nitrogens with one attached hydrogen (secondary N) is 1. The zero-order chi connectivity index (χ0) is 13.9. The number of rotatable bonds is 3. The SMILES string of the molecule is COc1ccc(F)c(NC(=O)C2(N)CCCCC2)c1. The predicted molar refractivity (Wildman–Crippen MR) is 71.6 cm³/mol. The first-order valence-corrected chi connectivity index (χ1v) is 6.49. The van der Waals surface area contributed by atoms with Crippen LogP contribution in [0.25, 0.3) is 0 Å². The zero-order valence-electron chi connectivity index (χ0n) is 11.0. The molecule has 1 aliphatic rings. The summed E-state index contributed by atoms with van der Waals surface area (Å²) in [6.07, 6.45) is 4.25. The van der Waals surface area contributed by atoms with Crippen LogP contribution in [-0.2, 0) is 4.79 Å². The smallest absolute Gasteiger partial charge is 0.244 e. The van der Waals surface area contributed by atoms with Crippen LogP contribution < -0.4 is 15.8 Å². The highest BCUT2D eigenvalue weighted by molar-refractivity contribution is 5.98. The van der Waals surface area contributed by atoms with Crippen molar-refractivity contribution in [2.24, 2.45) is 5.73 Å². The van der Waals surface area contributed by atoms with E-state index in [4.69, 9.17) is 10.5 Å². The van der Waals surface area contributed by atoms with Crippen molar-refractivity contribution in [3.63, 3.8) is 0 Å². The van der Waals surface area contributed by atoms with Gasteiger partial charge in [-0.05, 0) is 25.0 Å². The molecule has 0 heterocycles. The van der Waals surface area contributed by atoms with Gasteiger partial charge < -0.3 is 15.8 Å². The van der Waals surface area contributed by atoms with Crippen LogP contribution in [0.4, 0.5) is 10.1 Å². The number of methoxy groups -OCH3 is 1. The second-order valence-electron chi connectivity index (χ2n) is 5.02. The molecule has 1 saturated carbocycles. The maximum Gasteiger partial charge on any atom is 0.244 e. The molecule has 0 radical (unpaired) electrons. The molecule has 1 fully saturated rings. The number of halogens is 1. The van der Waals surface area contributed by atoms with Crippen molar-refractivity contribution in [1.29, 1.82) is 0 Å². The molecule has 0 spiro atoms. The summed E-state index contributed by atoms with van der Waals surface area (Å²) in [6.45, 7) is 0. The molecular formula is C14H19FN2O2. The maximum absolute atomic E-state index is 13.6. The van der Waals surface area contributed by atoms with E-state index >= 15 is 0 Å². The summed E-state index contributed by atoms with van der Waals surface area (Å²) in [5, 5.41) is 2.58. The highest BCUT2D eigenvalue weighted by Gasteiger charge is 2.35. The van der Waals surface area contributed by atoms with Crippen LogP contribution in [0.2, 0.25) is 0 Å². The third kappa shape index (κ3) is 3.04. The van der Waals surface area contributed by atoms with E-state index in [1.165, 1.54) is 25.3 Å². The topological polar surface area (TPSA) is 64.3 Å². The number of ether oxygens (including phenoxy) is 1. The molecule has 0 bridgehead atoms. The molecule has 4 nitrogen and oxygen atoms in total. The second kappa shape index (κ2) is 5.57. The molecule has 5 heteroatoms. The fourth-order valence-electron chi connectivity index (χ4n) is 2.38. The molecule has 0 unspecified atom stereocenters. The van der Waals surface area contributed by atoms with Gasteiger partial charge in [-0.15, -0.1) is 0 Å². The van der Waals surface area contributed by atoms with Crippen LogP contribution in [0, 0.1) is 5.82 Å². The van der Waals surface area contributed by atoms with E-state index in [2.05, 4.69) is 5.32 Å². The van der Waals surface area contributed by atoms with E-state index in [1.807, 2.05) is 0 Å². The van der Waals surface area contributed by atoms with Crippen LogP contribution in [0.1, 0.15) is 32.1 Å². The molecule has 1 aromatic rings. The lowest BCUT2D eigenvalue weighted by molar-refractivity contribution is -0.122. The van der Waals surface area contributed by atoms with E-state index in [9.17, 15) is 9.18 Å². The van der Waals surface area contributed by atoms with Crippen LogP contribution in [0.3, 0.4) is 0 Å². The third-order valence-corrected chi connectivity index (χ3v) is 3.62. The van der Waals surface area contributed by atoms with E-state index < -0.39 is 11.4 Å². The standard InChI is InChI=1S/C14H19FN2O2/c1-19-10-5-6-11(15)12(9-10)17-13(18)14(16)7-3-2-4-8-14/h5-6,9H,2-4,7-8,16H2,1H3,(H,17,18). The van der Waals surface area contributed by atoms with Gasteiger partial charge in [0.15, 0.2) is 0 Å². The zero-order valence-corrected chi connectivity index (χ0v) is 11.0. The Balaban J connectivity index is 2.14. The molecule has 0 aliphatic heterocycles. The van der Waals surface area contributed by atoms with Gasteiger partial charge in [-0.25, -0.2) is 4.39 Å². The van der Waals surface area contributed by atoms with E-state index in [-0.39, 0.29) is 11.6 Å². The van der Waals surface area contributed by atoms with Crippen LogP contribution in [0.15, 0.2) is 18.2 Å². The first-order chi connectivity index (χ1) is 9.05. The predicted octanol–water partition coefficient (Wildman–Crippen LogP) is 2.43. The number of hydrogen-bond acceptors (Lipinski definition) is 3. The average molecular weight is 266 g/mol. The molecule has 104 valence electrons. The largest absolute Gasteiger partial charge is 0.497 e. The molecule has 2 rings (SSSR count). The molecular weight excluding hydrogens is 247 g/mol. The average Bonchev–Trinajstić information content (AvgIpc) is 2.42. The van der Waals surface area contributed by atoms with Crippen molar-refractivity contribution in [3.05, 3.63) is 24.0 Å². The molecule has 1 aliphatic carbocycles. The number of benzene rings is 1. The highest BCUT2D eigenvalue weighted by atomic mass is 19.1. The Kier molecular flexibility index (Phi) is 4.04. The van der Waals surface area contributed by atoms with Crippen molar-refractivity contribution in [2.75, 3.05) is 12.4 Å². The van der Waals surface area contributed by atoms with E-state index in [0.717, 1.165) is 19.3 Å². The van der Waals surface area contributed by atoms with Gasteiger partial charge in [0.1, 0.15) is 11.6 Å². The number of amides is 1. The number of carbonyl (C=O) groups is 1. The molecule has 0 atom stereocenters.